The van der Waals surface area contributed by atoms with Crippen LogP contribution in [0, 0.1) is 5.82 Å². The summed E-state index contributed by atoms with van der Waals surface area (Å²) in [4.78, 5) is 3.24. The van der Waals surface area contributed by atoms with Gasteiger partial charge in [-0.2, -0.15) is 0 Å². The molecule has 2 nitrogen and oxygen atoms in total. The average molecular weight is 317 g/mol. The van der Waals surface area contributed by atoms with Crippen molar-refractivity contribution in [2.75, 3.05) is 0 Å². The minimum Gasteiger partial charge on any atom is -0.375 e. The van der Waals surface area contributed by atoms with Gasteiger partial charge in [0.25, 0.3) is 0 Å². The van der Waals surface area contributed by atoms with Crippen molar-refractivity contribution >= 4 is 10.9 Å². The summed E-state index contributed by atoms with van der Waals surface area (Å²) < 4.78 is 13.5. The second kappa shape index (κ2) is 5.62. The lowest BCUT2D eigenvalue weighted by atomic mass is 9.83. The summed E-state index contributed by atoms with van der Waals surface area (Å²) in [7, 11) is 0. The zero-order valence-electron chi connectivity index (χ0n) is 12.9. The fourth-order valence-corrected chi connectivity index (χ4v) is 3.13. The van der Waals surface area contributed by atoms with Crippen molar-refractivity contribution < 1.29 is 9.50 Å². The van der Waals surface area contributed by atoms with Crippen molar-refractivity contribution in [3.63, 3.8) is 0 Å². The molecular formula is C21H16FNO. The van der Waals surface area contributed by atoms with Gasteiger partial charge in [-0.05, 0) is 35.4 Å². The van der Waals surface area contributed by atoms with Gasteiger partial charge in [0.05, 0.1) is 5.69 Å². The van der Waals surface area contributed by atoms with E-state index in [9.17, 15) is 9.50 Å². The highest BCUT2D eigenvalue weighted by Crippen LogP contribution is 2.37. The van der Waals surface area contributed by atoms with Crippen molar-refractivity contribution in [3.8, 4) is 0 Å². The van der Waals surface area contributed by atoms with Crippen LogP contribution in [-0.2, 0) is 5.60 Å². The van der Waals surface area contributed by atoms with Crippen LogP contribution in [0.3, 0.4) is 0 Å². The topological polar surface area (TPSA) is 36.0 Å². The van der Waals surface area contributed by atoms with E-state index >= 15 is 0 Å². The van der Waals surface area contributed by atoms with Crippen LogP contribution in [0.2, 0.25) is 0 Å². The van der Waals surface area contributed by atoms with Gasteiger partial charge in [0.15, 0.2) is 5.60 Å². The van der Waals surface area contributed by atoms with Crippen LogP contribution in [0.1, 0.15) is 16.8 Å². The molecule has 0 amide bonds. The fourth-order valence-electron chi connectivity index (χ4n) is 3.13. The molecule has 1 aromatic heterocycles. The van der Waals surface area contributed by atoms with Gasteiger partial charge in [-0.3, -0.25) is 0 Å². The predicted molar refractivity (Wildman–Crippen MR) is 93.2 cm³/mol. The fraction of sp³-hybridized carbons (Fsp3) is 0.0476. The molecule has 0 atom stereocenters. The number of aromatic amines is 1. The summed E-state index contributed by atoms with van der Waals surface area (Å²) in [6, 6.07) is 25.3. The number of rotatable bonds is 3. The minimum atomic E-state index is -1.34. The summed E-state index contributed by atoms with van der Waals surface area (Å²) in [6.45, 7) is 0. The van der Waals surface area contributed by atoms with E-state index in [2.05, 4.69) is 4.98 Å². The van der Waals surface area contributed by atoms with Crippen LogP contribution in [0.4, 0.5) is 4.39 Å². The Balaban J connectivity index is 1.98. The highest BCUT2D eigenvalue weighted by atomic mass is 19.1. The minimum absolute atomic E-state index is 0.295. The third kappa shape index (κ3) is 2.30. The quantitative estimate of drug-likeness (QED) is 0.569. The van der Waals surface area contributed by atoms with Crippen LogP contribution in [0.5, 0.6) is 0 Å². The smallest absolute Gasteiger partial charge is 0.155 e. The Morgan fingerprint density at radius 1 is 0.750 bits per heavy atom. The Labute approximate surface area is 139 Å². The average Bonchev–Trinajstić information content (AvgIpc) is 3.06. The number of nitrogens with one attached hydrogen (secondary N) is 1. The molecule has 118 valence electrons. The lowest BCUT2D eigenvalue weighted by molar-refractivity contribution is 0.121. The molecule has 4 rings (SSSR count). The molecule has 0 unspecified atom stereocenters. The molecule has 0 aliphatic rings. The Morgan fingerprint density at radius 2 is 1.33 bits per heavy atom. The SMILES string of the molecule is OC(c1ccccc1)(c1ccccc1)c1cc2cc(F)ccc2[nH]1. The molecule has 0 fully saturated rings. The summed E-state index contributed by atoms with van der Waals surface area (Å²) in [6.07, 6.45) is 0. The Bertz CT molecular complexity index is 937. The third-order valence-corrected chi connectivity index (χ3v) is 4.36. The maximum absolute atomic E-state index is 13.5. The third-order valence-electron chi connectivity index (χ3n) is 4.36. The standard InChI is InChI=1S/C21H16FNO/c22-18-11-12-19-15(13-18)14-20(23-19)21(24,16-7-3-1-4-8-16)17-9-5-2-6-10-17/h1-14,23-24H. The van der Waals surface area contributed by atoms with E-state index in [1.807, 2.05) is 60.7 Å². The van der Waals surface area contributed by atoms with Crippen LogP contribution < -0.4 is 0 Å². The van der Waals surface area contributed by atoms with E-state index in [4.69, 9.17) is 0 Å². The molecule has 0 aliphatic heterocycles. The zero-order chi connectivity index (χ0) is 16.6. The first-order chi connectivity index (χ1) is 11.7. The zero-order valence-corrected chi connectivity index (χ0v) is 12.9. The Morgan fingerprint density at radius 3 is 1.92 bits per heavy atom. The summed E-state index contributed by atoms with van der Waals surface area (Å²) in [5, 5.41) is 12.4. The monoisotopic (exact) mass is 317 g/mol. The van der Waals surface area contributed by atoms with Crippen molar-refractivity contribution in [1.82, 2.24) is 4.98 Å². The molecule has 3 aromatic carbocycles. The number of fused-ring (bicyclic) bond motifs is 1. The largest absolute Gasteiger partial charge is 0.375 e. The number of benzene rings is 3. The highest BCUT2D eigenvalue weighted by Gasteiger charge is 2.35. The molecule has 0 saturated heterocycles. The van der Waals surface area contributed by atoms with Crippen molar-refractivity contribution in [1.29, 1.82) is 0 Å². The van der Waals surface area contributed by atoms with Crippen molar-refractivity contribution in [2.45, 2.75) is 5.60 Å². The molecule has 1 heterocycles. The Hall–Kier alpha value is -2.91. The molecular weight excluding hydrogens is 301 g/mol. The second-order valence-electron chi connectivity index (χ2n) is 5.86. The van der Waals surface area contributed by atoms with Gasteiger partial charge in [0.1, 0.15) is 5.82 Å². The van der Waals surface area contributed by atoms with Crippen molar-refractivity contribution in [3.05, 3.63) is 108 Å². The van der Waals surface area contributed by atoms with Gasteiger partial charge in [-0.1, -0.05) is 60.7 Å². The highest BCUT2D eigenvalue weighted by molar-refractivity contribution is 5.81. The van der Waals surface area contributed by atoms with Gasteiger partial charge >= 0.3 is 0 Å². The number of halogens is 1. The lowest BCUT2D eigenvalue weighted by Gasteiger charge is -2.28. The van der Waals surface area contributed by atoms with E-state index < -0.39 is 5.60 Å². The molecule has 0 bridgehead atoms. The molecule has 0 spiro atoms. The summed E-state index contributed by atoms with van der Waals surface area (Å²) >= 11 is 0. The Kier molecular flexibility index (Phi) is 3.44. The van der Waals surface area contributed by atoms with Gasteiger partial charge in [0, 0.05) is 10.9 Å². The van der Waals surface area contributed by atoms with E-state index in [-0.39, 0.29) is 5.82 Å². The second-order valence-corrected chi connectivity index (χ2v) is 5.86. The molecule has 4 aromatic rings. The van der Waals surface area contributed by atoms with Gasteiger partial charge < -0.3 is 10.1 Å². The maximum atomic E-state index is 13.5. The van der Waals surface area contributed by atoms with Crippen molar-refractivity contribution in [2.24, 2.45) is 0 Å². The molecule has 2 N–H and O–H groups in total. The number of hydrogen-bond donors (Lipinski definition) is 2. The van der Waals surface area contributed by atoms with E-state index in [1.54, 1.807) is 12.1 Å². The van der Waals surface area contributed by atoms with E-state index in [0.717, 1.165) is 22.0 Å². The van der Waals surface area contributed by atoms with Crippen LogP contribution in [0.15, 0.2) is 84.9 Å². The first-order valence-electron chi connectivity index (χ1n) is 7.80. The lowest BCUT2D eigenvalue weighted by Crippen LogP contribution is -2.29. The first-order valence-corrected chi connectivity index (χ1v) is 7.80. The summed E-state index contributed by atoms with van der Waals surface area (Å²) in [5.74, 6) is -0.295. The number of H-pyrrole nitrogens is 1. The van der Waals surface area contributed by atoms with Gasteiger partial charge in [-0.15, -0.1) is 0 Å². The maximum Gasteiger partial charge on any atom is 0.155 e. The van der Waals surface area contributed by atoms with Gasteiger partial charge in [-0.25, -0.2) is 4.39 Å². The number of aliphatic hydroxyl groups is 1. The van der Waals surface area contributed by atoms with E-state index in [0.29, 0.717) is 5.69 Å². The first kappa shape index (κ1) is 14.7. The normalized spacial score (nSPS) is 11.8. The van der Waals surface area contributed by atoms with Crippen LogP contribution in [0.25, 0.3) is 10.9 Å². The van der Waals surface area contributed by atoms with Gasteiger partial charge in [0.2, 0.25) is 0 Å². The van der Waals surface area contributed by atoms with Crippen LogP contribution in [-0.4, -0.2) is 10.1 Å². The number of hydrogen-bond acceptors (Lipinski definition) is 1. The summed E-state index contributed by atoms with van der Waals surface area (Å²) in [5.41, 5.74) is 1.57. The molecule has 0 radical (unpaired) electrons. The predicted octanol–water partition coefficient (Wildman–Crippen LogP) is 4.59. The molecule has 0 aliphatic carbocycles. The molecule has 24 heavy (non-hydrogen) atoms. The molecule has 0 saturated carbocycles. The van der Waals surface area contributed by atoms with E-state index in [1.165, 1.54) is 12.1 Å². The van der Waals surface area contributed by atoms with Crippen LogP contribution >= 0.6 is 0 Å². The number of aromatic nitrogens is 1. The molecule has 3 heteroatoms.